The molecule has 0 aromatic carbocycles. The maximum absolute atomic E-state index is 6.46. The fraction of sp³-hybridized carbons (Fsp3) is 0.857. The molecule has 0 radical (unpaired) electrons. The fourth-order valence-corrected chi connectivity index (χ4v) is 3.64. The molecule has 100 valence electrons. The Bertz CT molecular complexity index is 453. The van der Waals surface area contributed by atoms with Crippen molar-refractivity contribution < 1.29 is 0 Å². The number of nitrogens with zero attached hydrogens (tertiary/aromatic N) is 3. The van der Waals surface area contributed by atoms with E-state index in [9.17, 15) is 0 Å². The summed E-state index contributed by atoms with van der Waals surface area (Å²) in [6.07, 6.45) is 5.49. The molecule has 18 heavy (non-hydrogen) atoms. The van der Waals surface area contributed by atoms with Crippen LogP contribution in [0.1, 0.15) is 57.5 Å². The number of rotatable bonds is 2. The lowest BCUT2D eigenvalue weighted by Crippen LogP contribution is -2.29. The Kier molecular flexibility index (Phi) is 2.73. The maximum Gasteiger partial charge on any atom is 0.0860 e. The Hall–Kier alpha value is -0.900. The van der Waals surface area contributed by atoms with Crippen LogP contribution in [-0.4, -0.2) is 20.5 Å². The Morgan fingerprint density at radius 2 is 2.28 bits per heavy atom. The summed E-state index contributed by atoms with van der Waals surface area (Å²) in [6, 6.07) is 0.458. The van der Waals surface area contributed by atoms with Crippen LogP contribution in [0.15, 0.2) is 0 Å². The molecule has 0 aliphatic heterocycles. The zero-order valence-corrected chi connectivity index (χ0v) is 11.7. The minimum absolute atomic E-state index is 0.0951. The lowest BCUT2D eigenvalue weighted by atomic mass is 9.97. The summed E-state index contributed by atoms with van der Waals surface area (Å²) >= 11 is 0. The molecule has 4 unspecified atom stereocenters. The first kappa shape index (κ1) is 12.2. The van der Waals surface area contributed by atoms with Crippen LogP contribution in [0.25, 0.3) is 0 Å². The number of hydrogen-bond acceptors (Lipinski definition) is 3. The minimum atomic E-state index is 0.0951. The second-order valence-electron chi connectivity index (χ2n) is 6.23. The van der Waals surface area contributed by atoms with Crippen molar-refractivity contribution in [1.82, 2.24) is 15.0 Å². The summed E-state index contributed by atoms with van der Waals surface area (Å²) < 4.78 is 2.14. The predicted octanol–water partition coefficient (Wildman–Crippen LogP) is 2.09. The van der Waals surface area contributed by atoms with Gasteiger partial charge in [-0.25, -0.2) is 4.68 Å². The molecule has 1 heterocycles. The van der Waals surface area contributed by atoms with Gasteiger partial charge in [0, 0.05) is 5.54 Å². The van der Waals surface area contributed by atoms with E-state index in [-0.39, 0.29) is 5.54 Å². The van der Waals surface area contributed by atoms with E-state index in [1.807, 2.05) is 0 Å². The topological polar surface area (TPSA) is 56.7 Å². The highest BCUT2D eigenvalue weighted by atomic mass is 15.4. The lowest BCUT2D eigenvalue weighted by molar-refractivity contribution is 0.437. The van der Waals surface area contributed by atoms with E-state index >= 15 is 0 Å². The molecule has 0 saturated heterocycles. The lowest BCUT2D eigenvalue weighted by Gasteiger charge is -2.17. The van der Waals surface area contributed by atoms with Crippen LogP contribution in [-0.2, 0) is 12.8 Å². The van der Waals surface area contributed by atoms with E-state index in [2.05, 4.69) is 35.8 Å². The highest BCUT2D eigenvalue weighted by Gasteiger charge is 2.58. The van der Waals surface area contributed by atoms with Crippen LogP contribution in [0.4, 0.5) is 0 Å². The number of hydrogen-bond donors (Lipinski definition) is 1. The van der Waals surface area contributed by atoms with Crippen molar-refractivity contribution in [3.8, 4) is 0 Å². The summed E-state index contributed by atoms with van der Waals surface area (Å²) in [5, 5.41) is 8.75. The van der Waals surface area contributed by atoms with Crippen molar-refractivity contribution in [2.24, 2.45) is 17.6 Å². The highest BCUT2D eigenvalue weighted by Crippen LogP contribution is 2.54. The average molecular weight is 248 g/mol. The minimum Gasteiger partial charge on any atom is -0.325 e. The summed E-state index contributed by atoms with van der Waals surface area (Å²) in [5.41, 5.74) is 9.11. The molecule has 4 heteroatoms. The third-order valence-corrected chi connectivity index (χ3v) is 5.40. The van der Waals surface area contributed by atoms with Gasteiger partial charge in [-0.1, -0.05) is 19.1 Å². The highest BCUT2D eigenvalue weighted by molar-refractivity contribution is 5.21. The van der Waals surface area contributed by atoms with Crippen LogP contribution in [0, 0.1) is 11.8 Å². The molecule has 4 atom stereocenters. The second-order valence-corrected chi connectivity index (χ2v) is 6.23. The average Bonchev–Trinajstić information content (AvgIpc) is 2.73. The predicted molar refractivity (Wildman–Crippen MR) is 71.2 cm³/mol. The van der Waals surface area contributed by atoms with E-state index in [0.717, 1.165) is 25.7 Å². The van der Waals surface area contributed by atoms with Crippen molar-refractivity contribution in [2.45, 2.75) is 64.5 Å². The zero-order valence-electron chi connectivity index (χ0n) is 11.7. The van der Waals surface area contributed by atoms with E-state index in [1.54, 1.807) is 0 Å². The van der Waals surface area contributed by atoms with Crippen molar-refractivity contribution in [1.29, 1.82) is 0 Å². The van der Waals surface area contributed by atoms with Crippen molar-refractivity contribution in [3.63, 3.8) is 0 Å². The largest absolute Gasteiger partial charge is 0.325 e. The molecule has 0 spiro atoms. The van der Waals surface area contributed by atoms with E-state index in [4.69, 9.17) is 5.73 Å². The Morgan fingerprint density at radius 1 is 1.50 bits per heavy atom. The molecule has 2 aliphatic carbocycles. The van der Waals surface area contributed by atoms with E-state index in [0.29, 0.717) is 17.9 Å². The molecule has 1 fully saturated rings. The van der Waals surface area contributed by atoms with Crippen molar-refractivity contribution in [2.75, 3.05) is 0 Å². The Morgan fingerprint density at radius 3 is 3.00 bits per heavy atom. The van der Waals surface area contributed by atoms with Crippen LogP contribution < -0.4 is 5.73 Å². The molecule has 1 saturated carbocycles. The second kappa shape index (κ2) is 4.05. The smallest absolute Gasteiger partial charge is 0.0860 e. The molecule has 1 aromatic rings. The van der Waals surface area contributed by atoms with Gasteiger partial charge in [-0.15, -0.1) is 5.10 Å². The van der Waals surface area contributed by atoms with Crippen molar-refractivity contribution >= 4 is 0 Å². The number of nitrogens with two attached hydrogens (primary N) is 1. The number of aromatic nitrogens is 3. The third kappa shape index (κ3) is 1.62. The molecule has 2 N–H and O–H groups in total. The monoisotopic (exact) mass is 248 g/mol. The first-order chi connectivity index (χ1) is 8.58. The maximum atomic E-state index is 6.46. The first-order valence-electron chi connectivity index (χ1n) is 7.29. The normalized spacial score (nSPS) is 36.2. The Balaban J connectivity index is 1.86. The summed E-state index contributed by atoms with van der Waals surface area (Å²) in [7, 11) is 0. The van der Waals surface area contributed by atoms with Gasteiger partial charge in [-0.3, -0.25) is 0 Å². The third-order valence-electron chi connectivity index (χ3n) is 5.40. The van der Waals surface area contributed by atoms with Gasteiger partial charge in [0.2, 0.25) is 0 Å². The Labute approximate surface area is 109 Å². The molecular weight excluding hydrogens is 224 g/mol. The van der Waals surface area contributed by atoms with Gasteiger partial charge in [0.1, 0.15) is 0 Å². The quantitative estimate of drug-likeness (QED) is 0.872. The van der Waals surface area contributed by atoms with E-state index < -0.39 is 0 Å². The van der Waals surface area contributed by atoms with Gasteiger partial charge in [-0.05, 0) is 50.9 Å². The summed E-state index contributed by atoms with van der Waals surface area (Å²) in [5.74, 6) is 1.40. The van der Waals surface area contributed by atoms with Crippen molar-refractivity contribution in [3.05, 3.63) is 11.4 Å². The van der Waals surface area contributed by atoms with Gasteiger partial charge in [0.05, 0.1) is 17.4 Å². The number of fused-ring (bicyclic) bond motifs is 2. The van der Waals surface area contributed by atoms with Gasteiger partial charge in [-0.2, -0.15) is 0 Å². The molecule has 4 nitrogen and oxygen atoms in total. The molecular formula is C14H24N4. The summed E-state index contributed by atoms with van der Waals surface area (Å²) in [6.45, 7) is 6.73. The molecule has 0 amide bonds. The molecule has 0 bridgehead atoms. The van der Waals surface area contributed by atoms with Gasteiger partial charge < -0.3 is 5.73 Å². The van der Waals surface area contributed by atoms with E-state index in [1.165, 1.54) is 17.8 Å². The molecule has 1 aromatic heterocycles. The van der Waals surface area contributed by atoms with Gasteiger partial charge >= 0.3 is 0 Å². The summed E-state index contributed by atoms with van der Waals surface area (Å²) in [4.78, 5) is 0. The standard InChI is InChI=1S/C14H24N4/c1-4-9(2)18-13-6-5-11-10(3)14(11,15)8-7-12(13)16-17-18/h9-11H,4-8,15H2,1-3H3. The molecule has 2 aliphatic rings. The van der Waals surface area contributed by atoms with Gasteiger partial charge in [0.25, 0.3) is 0 Å². The van der Waals surface area contributed by atoms with Crippen LogP contribution in [0.2, 0.25) is 0 Å². The first-order valence-corrected chi connectivity index (χ1v) is 7.29. The molecule has 3 rings (SSSR count). The fourth-order valence-electron chi connectivity index (χ4n) is 3.64. The van der Waals surface area contributed by atoms with Crippen LogP contribution in [0.3, 0.4) is 0 Å². The number of aryl methyl sites for hydroxylation is 1. The zero-order chi connectivity index (χ0) is 12.9. The SMILES string of the molecule is CCC(C)n1nnc2c1CCC1C(C)C1(N)CC2. The van der Waals surface area contributed by atoms with Crippen LogP contribution in [0.5, 0.6) is 0 Å². The van der Waals surface area contributed by atoms with Crippen LogP contribution >= 0.6 is 0 Å². The van der Waals surface area contributed by atoms with Gasteiger partial charge in [0.15, 0.2) is 0 Å².